The quantitative estimate of drug-likeness (QED) is 0.739. The normalized spacial score (nSPS) is 11.3. The summed E-state index contributed by atoms with van der Waals surface area (Å²) in [6, 6.07) is 10.8. The first kappa shape index (κ1) is 17.8. The lowest BCUT2D eigenvalue weighted by Crippen LogP contribution is -2.13. The molecule has 0 spiro atoms. The maximum Gasteiger partial charge on any atom is 0.339 e. The number of benzene rings is 2. The average Bonchev–Trinajstić information content (AvgIpc) is 2.53. The van der Waals surface area contributed by atoms with Crippen LogP contribution >= 0.6 is 23.2 Å². The van der Waals surface area contributed by atoms with Crippen molar-refractivity contribution in [2.45, 2.75) is 18.4 Å². The van der Waals surface area contributed by atoms with E-state index in [4.69, 9.17) is 27.9 Å². The minimum absolute atomic E-state index is 0.0134. The minimum atomic E-state index is -3.51. The number of carbonyl (C=O) groups is 1. The van der Waals surface area contributed by atoms with Crippen LogP contribution in [0.5, 0.6) is 0 Å². The van der Waals surface area contributed by atoms with Gasteiger partial charge in [-0.3, -0.25) is 0 Å². The molecule has 0 unspecified atom stereocenters. The van der Waals surface area contributed by atoms with E-state index >= 15 is 0 Å². The van der Waals surface area contributed by atoms with E-state index in [0.29, 0.717) is 15.6 Å². The summed E-state index contributed by atoms with van der Waals surface area (Å²) in [5.41, 5.74) is 0.597. The maximum atomic E-state index is 12.2. The van der Waals surface area contributed by atoms with Gasteiger partial charge in [-0.25, -0.2) is 13.2 Å². The molecule has 0 aliphatic heterocycles. The van der Waals surface area contributed by atoms with Crippen molar-refractivity contribution >= 4 is 39.0 Å². The summed E-state index contributed by atoms with van der Waals surface area (Å²) in [5.74, 6) is -0.816. The largest absolute Gasteiger partial charge is 0.457 e. The van der Waals surface area contributed by atoms with E-state index in [2.05, 4.69) is 0 Å². The van der Waals surface area contributed by atoms with E-state index in [1.165, 1.54) is 19.1 Å². The highest BCUT2D eigenvalue weighted by Gasteiger charge is 2.21. The third-order valence-corrected chi connectivity index (χ3v) is 5.57. The van der Waals surface area contributed by atoms with Crippen LogP contribution in [0.25, 0.3) is 0 Å². The van der Waals surface area contributed by atoms with E-state index in [9.17, 15) is 13.2 Å². The fourth-order valence-corrected chi connectivity index (χ4v) is 3.47. The standard InChI is InChI=1S/C16H14Cl2O4S/c1-2-23(20,21)15-6-4-3-5-13(15)16(19)22-10-11-7-8-12(17)9-14(11)18/h3-9H,2,10H2,1H3. The van der Waals surface area contributed by atoms with Crippen LogP contribution in [0.3, 0.4) is 0 Å². The maximum absolute atomic E-state index is 12.2. The molecular formula is C16H14Cl2O4S. The zero-order valence-corrected chi connectivity index (χ0v) is 14.6. The van der Waals surface area contributed by atoms with Crippen LogP contribution < -0.4 is 0 Å². The van der Waals surface area contributed by atoms with Gasteiger partial charge < -0.3 is 4.74 Å². The molecule has 4 nitrogen and oxygen atoms in total. The molecule has 0 amide bonds. The molecule has 2 rings (SSSR count). The van der Waals surface area contributed by atoms with Crippen molar-refractivity contribution < 1.29 is 17.9 Å². The Hall–Kier alpha value is -1.56. The molecule has 23 heavy (non-hydrogen) atoms. The molecule has 0 aliphatic rings. The van der Waals surface area contributed by atoms with Crippen LogP contribution in [-0.2, 0) is 21.2 Å². The molecular weight excluding hydrogens is 359 g/mol. The van der Waals surface area contributed by atoms with Crippen LogP contribution in [0.4, 0.5) is 0 Å². The molecule has 0 fully saturated rings. The number of carbonyl (C=O) groups excluding carboxylic acids is 1. The van der Waals surface area contributed by atoms with Crippen molar-refractivity contribution in [3.8, 4) is 0 Å². The van der Waals surface area contributed by atoms with Crippen molar-refractivity contribution in [3.63, 3.8) is 0 Å². The van der Waals surface area contributed by atoms with E-state index < -0.39 is 15.8 Å². The topological polar surface area (TPSA) is 60.4 Å². The summed E-state index contributed by atoms with van der Waals surface area (Å²) in [6.07, 6.45) is 0. The number of sulfone groups is 1. The van der Waals surface area contributed by atoms with Gasteiger partial charge in [0.1, 0.15) is 6.61 Å². The zero-order valence-electron chi connectivity index (χ0n) is 12.3. The Kier molecular flexibility index (Phi) is 5.68. The molecule has 122 valence electrons. The average molecular weight is 373 g/mol. The van der Waals surface area contributed by atoms with Gasteiger partial charge in [-0.1, -0.05) is 48.3 Å². The highest BCUT2D eigenvalue weighted by Crippen LogP contribution is 2.23. The molecule has 0 N–H and O–H groups in total. The molecule has 0 atom stereocenters. The van der Waals surface area contributed by atoms with Crippen LogP contribution in [0.2, 0.25) is 10.0 Å². The number of rotatable bonds is 5. The fourth-order valence-electron chi connectivity index (χ4n) is 1.92. The Morgan fingerprint density at radius 1 is 1.13 bits per heavy atom. The molecule has 0 saturated heterocycles. The Labute approximate surface area is 144 Å². The highest BCUT2D eigenvalue weighted by atomic mass is 35.5. The number of hydrogen-bond acceptors (Lipinski definition) is 4. The summed E-state index contributed by atoms with van der Waals surface area (Å²) in [7, 11) is -3.51. The second-order valence-electron chi connectivity index (χ2n) is 4.71. The summed E-state index contributed by atoms with van der Waals surface area (Å²) >= 11 is 11.8. The van der Waals surface area contributed by atoms with Gasteiger partial charge in [0, 0.05) is 15.6 Å². The second-order valence-corrected chi connectivity index (χ2v) is 7.80. The molecule has 0 aliphatic carbocycles. The Balaban J connectivity index is 2.22. The van der Waals surface area contributed by atoms with Gasteiger partial charge in [0.25, 0.3) is 0 Å². The Bertz CT molecular complexity index is 832. The number of halogens is 2. The molecule has 7 heteroatoms. The lowest BCUT2D eigenvalue weighted by molar-refractivity contribution is 0.0468. The first-order valence-corrected chi connectivity index (χ1v) is 9.19. The van der Waals surface area contributed by atoms with Gasteiger partial charge in [0.05, 0.1) is 16.2 Å². The Morgan fingerprint density at radius 3 is 2.48 bits per heavy atom. The summed E-state index contributed by atoms with van der Waals surface area (Å²) in [6.45, 7) is 1.44. The van der Waals surface area contributed by atoms with Crippen molar-refractivity contribution in [1.29, 1.82) is 0 Å². The van der Waals surface area contributed by atoms with Crippen molar-refractivity contribution in [1.82, 2.24) is 0 Å². The zero-order chi connectivity index (χ0) is 17.0. The van der Waals surface area contributed by atoms with Gasteiger partial charge in [0.2, 0.25) is 0 Å². The molecule has 2 aromatic rings. The van der Waals surface area contributed by atoms with Crippen molar-refractivity contribution in [2.24, 2.45) is 0 Å². The first-order chi connectivity index (χ1) is 10.8. The summed E-state index contributed by atoms with van der Waals surface area (Å²) in [5, 5.41) is 0.851. The molecule has 0 radical (unpaired) electrons. The molecule has 2 aromatic carbocycles. The van der Waals surface area contributed by atoms with Gasteiger partial charge in [-0.05, 0) is 24.3 Å². The minimum Gasteiger partial charge on any atom is -0.457 e. The predicted octanol–water partition coefficient (Wildman–Crippen LogP) is 4.14. The smallest absolute Gasteiger partial charge is 0.339 e. The molecule has 0 bridgehead atoms. The van der Waals surface area contributed by atoms with Crippen LogP contribution in [-0.4, -0.2) is 20.1 Å². The molecule has 0 heterocycles. The highest BCUT2D eigenvalue weighted by molar-refractivity contribution is 7.91. The predicted molar refractivity (Wildman–Crippen MR) is 89.8 cm³/mol. The van der Waals surface area contributed by atoms with Gasteiger partial charge >= 0.3 is 5.97 Å². The lowest BCUT2D eigenvalue weighted by atomic mass is 10.2. The van der Waals surface area contributed by atoms with Crippen molar-refractivity contribution in [3.05, 3.63) is 63.6 Å². The third kappa shape index (κ3) is 4.25. The molecule has 0 saturated carbocycles. The summed E-state index contributed by atoms with van der Waals surface area (Å²) in [4.78, 5) is 12.2. The number of esters is 1. The van der Waals surface area contributed by atoms with E-state index in [-0.39, 0.29) is 22.8 Å². The van der Waals surface area contributed by atoms with Gasteiger partial charge in [-0.15, -0.1) is 0 Å². The first-order valence-electron chi connectivity index (χ1n) is 6.78. The number of hydrogen-bond donors (Lipinski definition) is 0. The monoisotopic (exact) mass is 372 g/mol. The number of ether oxygens (including phenoxy) is 1. The third-order valence-electron chi connectivity index (χ3n) is 3.20. The lowest BCUT2D eigenvalue weighted by Gasteiger charge is -2.10. The van der Waals surface area contributed by atoms with Crippen LogP contribution in [0, 0.1) is 0 Å². The van der Waals surface area contributed by atoms with E-state index in [0.717, 1.165) is 0 Å². The Morgan fingerprint density at radius 2 is 1.83 bits per heavy atom. The van der Waals surface area contributed by atoms with Gasteiger partial charge in [-0.2, -0.15) is 0 Å². The molecule has 0 aromatic heterocycles. The SMILES string of the molecule is CCS(=O)(=O)c1ccccc1C(=O)OCc1ccc(Cl)cc1Cl. The fraction of sp³-hybridized carbons (Fsp3) is 0.188. The van der Waals surface area contributed by atoms with E-state index in [1.54, 1.807) is 30.3 Å². The van der Waals surface area contributed by atoms with Gasteiger partial charge in [0.15, 0.2) is 9.84 Å². The van der Waals surface area contributed by atoms with Crippen LogP contribution in [0.15, 0.2) is 47.4 Å². The van der Waals surface area contributed by atoms with Crippen molar-refractivity contribution in [2.75, 3.05) is 5.75 Å². The summed E-state index contributed by atoms with van der Waals surface area (Å²) < 4.78 is 29.3. The van der Waals surface area contributed by atoms with E-state index in [1.807, 2.05) is 0 Å². The second kappa shape index (κ2) is 7.34. The van der Waals surface area contributed by atoms with Crippen LogP contribution in [0.1, 0.15) is 22.8 Å².